The molecule has 0 aromatic carbocycles. The van der Waals surface area contributed by atoms with Crippen LogP contribution >= 0.6 is 0 Å². The molecular formula is C17H26N2O4. The van der Waals surface area contributed by atoms with E-state index in [9.17, 15) is 14.4 Å². The van der Waals surface area contributed by atoms with Gasteiger partial charge < -0.3 is 14.2 Å². The van der Waals surface area contributed by atoms with Gasteiger partial charge in [0.15, 0.2) is 5.78 Å². The van der Waals surface area contributed by atoms with Gasteiger partial charge in [0.05, 0.1) is 13.7 Å². The van der Waals surface area contributed by atoms with Crippen LogP contribution in [-0.4, -0.2) is 47.3 Å². The van der Waals surface area contributed by atoms with Crippen LogP contribution in [0.2, 0.25) is 0 Å². The first kappa shape index (κ1) is 18.9. The van der Waals surface area contributed by atoms with Crippen molar-refractivity contribution in [2.45, 2.75) is 34.6 Å². The predicted octanol–water partition coefficient (Wildman–Crippen LogP) is 2.12. The molecule has 128 valence electrons. The maximum atomic E-state index is 12.7. The van der Waals surface area contributed by atoms with Crippen molar-refractivity contribution in [1.82, 2.24) is 9.47 Å². The van der Waals surface area contributed by atoms with E-state index in [2.05, 4.69) is 0 Å². The summed E-state index contributed by atoms with van der Waals surface area (Å²) >= 11 is 0. The molecule has 0 bridgehead atoms. The van der Waals surface area contributed by atoms with Crippen LogP contribution in [0.5, 0.6) is 0 Å². The minimum atomic E-state index is -0.474. The van der Waals surface area contributed by atoms with Gasteiger partial charge in [0.2, 0.25) is 5.91 Å². The van der Waals surface area contributed by atoms with Gasteiger partial charge in [0.25, 0.3) is 0 Å². The summed E-state index contributed by atoms with van der Waals surface area (Å²) in [6.45, 7) is 9.46. The van der Waals surface area contributed by atoms with E-state index in [1.807, 2.05) is 20.8 Å². The highest BCUT2D eigenvalue weighted by Crippen LogP contribution is 2.23. The van der Waals surface area contributed by atoms with Gasteiger partial charge in [0, 0.05) is 30.8 Å². The molecule has 6 heteroatoms. The Morgan fingerprint density at radius 2 is 1.78 bits per heavy atom. The molecular weight excluding hydrogens is 296 g/mol. The number of carbonyl (C=O) groups is 3. The number of nitrogens with zero attached hydrogens (tertiary/aromatic N) is 2. The maximum Gasteiger partial charge on any atom is 0.354 e. The topological polar surface area (TPSA) is 68.6 Å². The van der Waals surface area contributed by atoms with Gasteiger partial charge in [-0.3, -0.25) is 9.59 Å². The summed E-state index contributed by atoms with van der Waals surface area (Å²) in [6.07, 6.45) is 0. The zero-order valence-corrected chi connectivity index (χ0v) is 15.0. The lowest BCUT2D eigenvalue weighted by Crippen LogP contribution is -2.38. The Kier molecular flexibility index (Phi) is 6.12. The minimum Gasteiger partial charge on any atom is -0.464 e. The van der Waals surface area contributed by atoms with E-state index in [1.54, 1.807) is 25.5 Å². The lowest BCUT2D eigenvalue weighted by molar-refractivity contribution is -0.133. The number of rotatable bonds is 6. The van der Waals surface area contributed by atoms with E-state index in [0.717, 1.165) is 0 Å². The molecule has 1 rings (SSSR count). The summed E-state index contributed by atoms with van der Waals surface area (Å²) in [5, 5.41) is 0. The summed E-state index contributed by atoms with van der Waals surface area (Å²) in [4.78, 5) is 38.3. The van der Waals surface area contributed by atoms with Gasteiger partial charge in [-0.05, 0) is 26.3 Å². The Morgan fingerprint density at radius 1 is 1.22 bits per heavy atom. The fourth-order valence-corrected chi connectivity index (χ4v) is 2.74. The van der Waals surface area contributed by atoms with Crippen LogP contribution in [0.4, 0.5) is 0 Å². The molecule has 1 aromatic rings. The minimum absolute atomic E-state index is 0.0137. The van der Waals surface area contributed by atoms with Crippen molar-refractivity contribution in [2.75, 3.05) is 20.2 Å². The zero-order chi connectivity index (χ0) is 17.9. The number of carbonyl (C=O) groups excluding carboxylic acids is 3. The van der Waals surface area contributed by atoms with Crippen molar-refractivity contribution >= 4 is 17.7 Å². The second kappa shape index (κ2) is 7.44. The number of likely N-dealkylation sites (N-methyl/N-ethyl adjacent to an activating group) is 1. The normalized spacial score (nSPS) is 10.8. The van der Waals surface area contributed by atoms with Crippen molar-refractivity contribution in [2.24, 2.45) is 13.0 Å². The van der Waals surface area contributed by atoms with Gasteiger partial charge in [-0.25, -0.2) is 4.79 Å². The lowest BCUT2D eigenvalue weighted by atomic mass is 10.0. The smallest absolute Gasteiger partial charge is 0.354 e. The van der Waals surface area contributed by atoms with E-state index in [4.69, 9.17) is 4.74 Å². The molecule has 23 heavy (non-hydrogen) atoms. The number of methoxy groups -OCH3 is 1. The SMILES string of the molecule is CCN(CC(=O)c1c(C)c(C(=O)OC)n(C)c1C)C(=O)C(C)C. The number of ether oxygens (including phenoxy) is 1. The molecule has 0 spiro atoms. The van der Waals surface area contributed by atoms with Gasteiger partial charge in [-0.2, -0.15) is 0 Å². The van der Waals surface area contributed by atoms with Crippen LogP contribution in [0.1, 0.15) is 52.9 Å². The number of esters is 1. The monoisotopic (exact) mass is 322 g/mol. The van der Waals surface area contributed by atoms with Crippen molar-refractivity contribution in [3.63, 3.8) is 0 Å². The highest BCUT2D eigenvalue weighted by Gasteiger charge is 2.27. The van der Waals surface area contributed by atoms with E-state index in [1.165, 1.54) is 12.0 Å². The largest absolute Gasteiger partial charge is 0.464 e. The first-order valence-electron chi connectivity index (χ1n) is 7.73. The van der Waals surface area contributed by atoms with Crippen molar-refractivity contribution in [3.05, 3.63) is 22.5 Å². The van der Waals surface area contributed by atoms with Crippen LogP contribution in [0, 0.1) is 19.8 Å². The van der Waals surface area contributed by atoms with E-state index < -0.39 is 5.97 Å². The van der Waals surface area contributed by atoms with E-state index >= 15 is 0 Å². The number of ketones is 1. The third-order valence-electron chi connectivity index (χ3n) is 4.11. The van der Waals surface area contributed by atoms with E-state index in [0.29, 0.717) is 29.1 Å². The molecule has 0 aliphatic heterocycles. The molecule has 6 nitrogen and oxygen atoms in total. The Balaban J connectivity index is 3.19. The number of amides is 1. The molecule has 0 fully saturated rings. The first-order chi connectivity index (χ1) is 10.7. The van der Waals surface area contributed by atoms with Crippen LogP contribution in [-0.2, 0) is 16.6 Å². The Labute approximate surface area is 137 Å². The average molecular weight is 322 g/mol. The lowest BCUT2D eigenvalue weighted by Gasteiger charge is -2.22. The van der Waals surface area contributed by atoms with Crippen LogP contribution in [0.25, 0.3) is 0 Å². The molecule has 0 N–H and O–H groups in total. The molecule has 1 heterocycles. The maximum absolute atomic E-state index is 12.7. The van der Waals surface area contributed by atoms with Crippen LogP contribution < -0.4 is 0 Å². The fraction of sp³-hybridized carbons (Fsp3) is 0.588. The van der Waals surface area contributed by atoms with Crippen LogP contribution in [0.3, 0.4) is 0 Å². The van der Waals surface area contributed by atoms with Gasteiger partial charge in [-0.15, -0.1) is 0 Å². The van der Waals surface area contributed by atoms with Crippen molar-refractivity contribution in [3.8, 4) is 0 Å². The van der Waals surface area contributed by atoms with Gasteiger partial charge in [0.1, 0.15) is 5.69 Å². The summed E-state index contributed by atoms with van der Waals surface area (Å²) in [5.74, 6) is -0.856. The third kappa shape index (κ3) is 3.63. The zero-order valence-electron chi connectivity index (χ0n) is 15.0. The molecule has 1 aromatic heterocycles. The number of hydrogen-bond donors (Lipinski definition) is 0. The molecule has 0 aliphatic rings. The Morgan fingerprint density at radius 3 is 2.22 bits per heavy atom. The van der Waals surface area contributed by atoms with Gasteiger partial charge in [-0.1, -0.05) is 13.8 Å². The number of aromatic nitrogens is 1. The quantitative estimate of drug-likeness (QED) is 0.594. The molecule has 0 aliphatic carbocycles. The molecule has 0 radical (unpaired) electrons. The first-order valence-corrected chi connectivity index (χ1v) is 7.73. The summed E-state index contributed by atoms with van der Waals surface area (Å²) < 4.78 is 6.44. The number of hydrogen-bond acceptors (Lipinski definition) is 4. The second-order valence-electron chi connectivity index (χ2n) is 5.91. The molecule has 1 amide bonds. The average Bonchev–Trinajstić information content (AvgIpc) is 2.73. The molecule has 0 unspecified atom stereocenters. The summed E-state index contributed by atoms with van der Waals surface area (Å²) in [6, 6.07) is 0. The molecule has 0 atom stereocenters. The third-order valence-corrected chi connectivity index (χ3v) is 4.11. The second-order valence-corrected chi connectivity index (χ2v) is 5.91. The van der Waals surface area contributed by atoms with Crippen molar-refractivity contribution in [1.29, 1.82) is 0 Å². The predicted molar refractivity (Wildman–Crippen MR) is 87.6 cm³/mol. The molecule has 0 saturated heterocycles. The Hall–Kier alpha value is -2.11. The molecule has 0 saturated carbocycles. The van der Waals surface area contributed by atoms with Crippen LogP contribution in [0.15, 0.2) is 0 Å². The van der Waals surface area contributed by atoms with E-state index in [-0.39, 0.29) is 24.2 Å². The highest BCUT2D eigenvalue weighted by atomic mass is 16.5. The van der Waals surface area contributed by atoms with Crippen molar-refractivity contribution < 1.29 is 19.1 Å². The van der Waals surface area contributed by atoms with Gasteiger partial charge >= 0.3 is 5.97 Å². The standard InChI is InChI=1S/C17H26N2O4/c1-8-19(16(21)10(2)3)9-13(20)14-11(4)15(17(22)23-7)18(6)12(14)5/h10H,8-9H2,1-7H3. The Bertz CT molecular complexity index is 629. The fourth-order valence-electron chi connectivity index (χ4n) is 2.74. The highest BCUT2D eigenvalue weighted by molar-refractivity contribution is 6.04. The summed E-state index contributed by atoms with van der Waals surface area (Å²) in [7, 11) is 3.04. The summed E-state index contributed by atoms with van der Waals surface area (Å²) in [5.41, 5.74) is 2.14. The number of Topliss-reactive ketones (excluding diaryl/α,β-unsaturated/α-hetero) is 1.